The van der Waals surface area contributed by atoms with E-state index in [1.54, 1.807) is 41.5 Å². The van der Waals surface area contributed by atoms with Crippen LogP contribution in [0.15, 0.2) is 52.9 Å². The van der Waals surface area contributed by atoms with E-state index in [0.717, 1.165) is 4.31 Å². The first-order valence-electron chi connectivity index (χ1n) is 12.8. The molecule has 0 spiro atoms. The molecule has 1 amide bonds. The van der Waals surface area contributed by atoms with Crippen molar-refractivity contribution in [1.29, 1.82) is 0 Å². The summed E-state index contributed by atoms with van der Waals surface area (Å²) in [6.07, 6.45) is -0.268. The Hall–Kier alpha value is -3.93. The number of ether oxygens (including phenoxy) is 1. The standard InChI is InChI=1S/C21H30N4O7S.C7H8/c1-8-12(2)33(29,30)25(7)16-10-14(9-15(11-16)19(26)27)18-24-23-17(31-18)13(3)22-20(28)32-21(4,5)6;1-7-5-3-2-4-6-7/h9-13H,8H2,1-7H3,(H,22,28)(H,26,27);2-6H,1H3/t12?,13-;/m0./s1. The molecule has 0 fully saturated rings. The van der Waals surface area contributed by atoms with Gasteiger partial charge in [-0.2, -0.15) is 0 Å². The molecule has 1 aromatic heterocycles. The number of rotatable bonds is 8. The van der Waals surface area contributed by atoms with Crippen LogP contribution < -0.4 is 9.62 Å². The normalized spacial score (nSPS) is 12.9. The van der Waals surface area contributed by atoms with E-state index in [9.17, 15) is 23.1 Å². The number of sulfonamides is 1. The van der Waals surface area contributed by atoms with Crippen molar-refractivity contribution in [2.45, 2.75) is 71.8 Å². The molecule has 11 nitrogen and oxygen atoms in total. The van der Waals surface area contributed by atoms with Gasteiger partial charge in [0.05, 0.1) is 16.5 Å². The fourth-order valence-electron chi connectivity index (χ4n) is 3.27. The Morgan fingerprint density at radius 3 is 2.23 bits per heavy atom. The third kappa shape index (κ3) is 9.08. The lowest BCUT2D eigenvalue weighted by molar-refractivity contribution is 0.0500. The second kappa shape index (κ2) is 13.4. The lowest BCUT2D eigenvalue weighted by Gasteiger charge is -2.23. The van der Waals surface area contributed by atoms with Crippen molar-refractivity contribution >= 4 is 27.8 Å². The van der Waals surface area contributed by atoms with E-state index in [0.29, 0.717) is 6.42 Å². The number of nitrogens with zero attached hydrogens (tertiary/aromatic N) is 3. The van der Waals surface area contributed by atoms with Crippen LogP contribution in [0.3, 0.4) is 0 Å². The summed E-state index contributed by atoms with van der Waals surface area (Å²) in [5, 5.41) is 19.3. The monoisotopic (exact) mass is 574 g/mol. The number of amides is 1. The van der Waals surface area contributed by atoms with E-state index in [1.807, 2.05) is 18.2 Å². The Morgan fingerprint density at radius 1 is 1.10 bits per heavy atom. The van der Waals surface area contributed by atoms with Gasteiger partial charge in [-0.3, -0.25) is 4.31 Å². The number of aromatic carboxylic acids is 1. The molecule has 2 atom stereocenters. The molecule has 0 radical (unpaired) electrons. The predicted molar refractivity (Wildman–Crippen MR) is 153 cm³/mol. The van der Waals surface area contributed by atoms with Crippen molar-refractivity contribution in [2.24, 2.45) is 0 Å². The van der Waals surface area contributed by atoms with Crippen molar-refractivity contribution in [3.05, 3.63) is 65.5 Å². The van der Waals surface area contributed by atoms with Crippen molar-refractivity contribution < 1.29 is 32.3 Å². The van der Waals surface area contributed by atoms with Gasteiger partial charge in [0, 0.05) is 12.6 Å². The Kier molecular flexibility index (Phi) is 10.8. The second-order valence-corrected chi connectivity index (χ2v) is 12.7. The molecule has 0 saturated heterocycles. The van der Waals surface area contributed by atoms with Crippen LogP contribution in [-0.4, -0.2) is 53.7 Å². The number of carbonyl (C=O) groups is 2. The third-order valence-corrected chi connectivity index (χ3v) is 8.05. The van der Waals surface area contributed by atoms with Crippen LogP contribution in [0, 0.1) is 6.92 Å². The Balaban J connectivity index is 0.000000693. The highest BCUT2D eigenvalue weighted by Gasteiger charge is 2.27. The quantitative estimate of drug-likeness (QED) is 0.351. The van der Waals surface area contributed by atoms with Crippen LogP contribution >= 0.6 is 0 Å². The van der Waals surface area contributed by atoms with Crippen LogP contribution in [-0.2, 0) is 14.8 Å². The van der Waals surface area contributed by atoms with Crippen LogP contribution in [0.2, 0.25) is 0 Å². The second-order valence-electron chi connectivity index (χ2n) is 10.3. The summed E-state index contributed by atoms with van der Waals surface area (Å²) >= 11 is 0. The van der Waals surface area contributed by atoms with Gasteiger partial charge >= 0.3 is 12.1 Å². The molecular formula is C28H38N4O7S. The molecule has 1 heterocycles. The molecule has 218 valence electrons. The van der Waals surface area contributed by atoms with Gasteiger partial charge in [0.25, 0.3) is 0 Å². The first kappa shape index (κ1) is 32.3. The SMILES string of the molecule is CCC(C)S(=O)(=O)N(C)c1cc(C(=O)O)cc(-c2nnc([C@H](C)NC(=O)OC(C)(C)C)o2)c1.Cc1ccccc1. The Labute approximate surface area is 235 Å². The van der Waals surface area contributed by atoms with Gasteiger partial charge in [0.2, 0.25) is 21.8 Å². The number of anilines is 1. The summed E-state index contributed by atoms with van der Waals surface area (Å²) in [7, 11) is -2.35. The van der Waals surface area contributed by atoms with Crippen LogP contribution in [0.4, 0.5) is 10.5 Å². The molecule has 0 aliphatic rings. The number of aromatic nitrogens is 2. The van der Waals surface area contributed by atoms with E-state index in [2.05, 4.69) is 34.6 Å². The van der Waals surface area contributed by atoms with E-state index >= 15 is 0 Å². The fourth-order valence-corrected chi connectivity index (χ4v) is 4.63. The molecule has 0 aliphatic carbocycles. The van der Waals surface area contributed by atoms with Crippen molar-refractivity contribution in [3.63, 3.8) is 0 Å². The largest absolute Gasteiger partial charge is 0.478 e. The Bertz CT molecular complexity index is 1400. The highest BCUT2D eigenvalue weighted by Crippen LogP contribution is 2.29. The number of carboxylic acids is 1. The minimum Gasteiger partial charge on any atom is -0.478 e. The lowest BCUT2D eigenvalue weighted by Crippen LogP contribution is -2.34. The van der Waals surface area contributed by atoms with E-state index < -0.39 is 39.0 Å². The summed E-state index contributed by atoms with van der Waals surface area (Å²) in [6, 6.07) is 13.6. The van der Waals surface area contributed by atoms with E-state index in [4.69, 9.17) is 9.15 Å². The van der Waals surface area contributed by atoms with Gasteiger partial charge in [-0.05, 0) is 66.2 Å². The van der Waals surface area contributed by atoms with Gasteiger partial charge in [-0.25, -0.2) is 18.0 Å². The number of aryl methyl sites for hydroxylation is 1. The number of carbonyl (C=O) groups excluding carboxylic acids is 1. The zero-order valence-corrected chi connectivity index (χ0v) is 24.9. The van der Waals surface area contributed by atoms with Crippen LogP contribution in [0.5, 0.6) is 0 Å². The average Bonchev–Trinajstić information content (AvgIpc) is 3.38. The summed E-state index contributed by atoms with van der Waals surface area (Å²) in [4.78, 5) is 23.6. The number of benzene rings is 2. The highest BCUT2D eigenvalue weighted by atomic mass is 32.2. The third-order valence-electron chi connectivity index (χ3n) is 5.73. The zero-order valence-electron chi connectivity index (χ0n) is 24.1. The summed E-state index contributed by atoms with van der Waals surface area (Å²) in [5.41, 5.74) is 0.860. The van der Waals surface area contributed by atoms with Gasteiger partial charge in [0.1, 0.15) is 11.6 Å². The van der Waals surface area contributed by atoms with Crippen LogP contribution in [0.25, 0.3) is 11.5 Å². The van der Waals surface area contributed by atoms with E-state index in [1.165, 1.54) is 30.8 Å². The number of hydrogen-bond acceptors (Lipinski definition) is 8. The number of hydrogen-bond donors (Lipinski definition) is 2. The lowest BCUT2D eigenvalue weighted by atomic mass is 10.1. The first-order chi connectivity index (χ1) is 18.5. The van der Waals surface area contributed by atoms with Gasteiger partial charge in [-0.1, -0.05) is 42.8 Å². The number of carboxylic acid groups (broad SMARTS) is 1. The highest BCUT2D eigenvalue weighted by molar-refractivity contribution is 7.93. The van der Waals surface area contributed by atoms with Gasteiger partial charge in [0.15, 0.2) is 0 Å². The Morgan fingerprint density at radius 2 is 1.73 bits per heavy atom. The first-order valence-corrected chi connectivity index (χ1v) is 14.3. The molecule has 3 aromatic rings. The molecular weight excluding hydrogens is 536 g/mol. The van der Waals surface area contributed by atoms with Crippen LogP contribution in [0.1, 0.15) is 75.8 Å². The van der Waals surface area contributed by atoms with Gasteiger partial charge in [-0.15, -0.1) is 10.2 Å². The summed E-state index contributed by atoms with van der Waals surface area (Å²) < 4.78 is 37.4. The smallest absolute Gasteiger partial charge is 0.408 e. The number of nitrogens with one attached hydrogen (secondary N) is 1. The molecule has 40 heavy (non-hydrogen) atoms. The maximum absolute atomic E-state index is 12.8. The maximum Gasteiger partial charge on any atom is 0.408 e. The van der Waals surface area contributed by atoms with Crippen molar-refractivity contribution in [2.75, 3.05) is 11.4 Å². The molecule has 2 aromatic carbocycles. The predicted octanol–water partition coefficient (Wildman–Crippen LogP) is 5.58. The molecule has 0 saturated carbocycles. The minimum absolute atomic E-state index is 0.0264. The molecule has 0 bridgehead atoms. The maximum atomic E-state index is 12.8. The molecule has 1 unspecified atom stereocenters. The summed E-state index contributed by atoms with van der Waals surface area (Å²) in [6.45, 7) is 12.2. The van der Waals surface area contributed by atoms with Gasteiger partial charge < -0.3 is 19.6 Å². The molecule has 2 N–H and O–H groups in total. The molecule has 12 heteroatoms. The minimum atomic E-state index is -3.71. The zero-order chi connectivity index (χ0) is 30.3. The number of alkyl carbamates (subject to hydrolysis) is 1. The average molecular weight is 575 g/mol. The fraction of sp³-hybridized carbons (Fsp3) is 0.429. The molecule has 3 rings (SSSR count). The van der Waals surface area contributed by atoms with Crippen molar-refractivity contribution in [3.8, 4) is 11.5 Å². The van der Waals surface area contributed by atoms with Crippen molar-refractivity contribution in [1.82, 2.24) is 15.5 Å². The summed E-state index contributed by atoms with van der Waals surface area (Å²) in [5.74, 6) is -1.20. The topological polar surface area (TPSA) is 152 Å². The van der Waals surface area contributed by atoms with E-state index in [-0.39, 0.29) is 28.6 Å². The molecule has 0 aliphatic heterocycles.